The zero-order valence-corrected chi connectivity index (χ0v) is 22.1. The van der Waals surface area contributed by atoms with Crippen LogP contribution in [0.3, 0.4) is 0 Å². The molecule has 1 aromatic heterocycles. The van der Waals surface area contributed by atoms with E-state index in [0.717, 1.165) is 48.6 Å². The fraction of sp³-hybridized carbons (Fsp3) is 0.300. The number of ether oxygens (including phenoxy) is 1. The average molecular weight is 498 g/mol. The molecule has 1 N–H and O–H groups in total. The summed E-state index contributed by atoms with van der Waals surface area (Å²) in [6, 6.07) is 23.3. The molecule has 1 heterocycles. The second kappa shape index (κ2) is 12.3. The van der Waals surface area contributed by atoms with Crippen molar-refractivity contribution >= 4 is 28.4 Å². The summed E-state index contributed by atoms with van der Waals surface area (Å²) in [5.74, 6) is 1.04. The van der Waals surface area contributed by atoms with Crippen LogP contribution in [-0.4, -0.2) is 60.6 Å². The third-order valence-corrected chi connectivity index (χ3v) is 6.42. The van der Waals surface area contributed by atoms with Gasteiger partial charge in [-0.25, -0.2) is 9.97 Å². The molecule has 3 aromatic carbocycles. The van der Waals surface area contributed by atoms with Crippen LogP contribution in [0.15, 0.2) is 72.8 Å². The van der Waals surface area contributed by atoms with Gasteiger partial charge in [-0.15, -0.1) is 0 Å². The maximum absolute atomic E-state index is 12.9. The van der Waals surface area contributed by atoms with Crippen LogP contribution in [-0.2, 0) is 0 Å². The van der Waals surface area contributed by atoms with Crippen molar-refractivity contribution < 1.29 is 9.53 Å². The summed E-state index contributed by atoms with van der Waals surface area (Å²) in [6.45, 7) is 10.5. The second-order valence-corrected chi connectivity index (χ2v) is 8.83. The minimum Gasteiger partial charge on any atom is -0.475 e. The second-order valence-electron chi connectivity index (χ2n) is 8.83. The molecule has 0 aliphatic rings. The summed E-state index contributed by atoms with van der Waals surface area (Å²) in [4.78, 5) is 27.0. The first kappa shape index (κ1) is 26.1. The van der Waals surface area contributed by atoms with Crippen LogP contribution >= 0.6 is 0 Å². The number of likely N-dealkylation sites (N-methyl/N-ethyl adjacent to an activating group) is 2. The Kier molecular flexibility index (Phi) is 8.69. The molecule has 0 bridgehead atoms. The third-order valence-electron chi connectivity index (χ3n) is 6.42. The minimum absolute atomic E-state index is 0.176. The number of benzene rings is 3. The molecule has 7 nitrogen and oxygen atoms in total. The van der Waals surface area contributed by atoms with Gasteiger partial charge in [-0.05, 0) is 61.5 Å². The van der Waals surface area contributed by atoms with Crippen molar-refractivity contribution in [3.05, 3.63) is 78.4 Å². The Morgan fingerprint density at radius 3 is 2.22 bits per heavy atom. The van der Waals surface area contributed by atoms with Crippen molar-refractivity contribution in [1.82, 2.24) is 14.9 Å². The lowest BCUT2D eigenvalue weighted by molar-refractivity contribution is 0.102. The van der Waals surface area contributed by atoms with Crippen molar-refractivity contribution in [2.24, 2.45) is 0 Å². The van der Waals surface area contributed by atoms with Gasteiger partial charge in [0.1, 0.15) is 0 Å². The molecule has 37 heavy (non-hydrogen) atoms. The molecule has 0 aliphatic carbocycles. The van der Waals surface area contributed by atoms with E-state index in [0.29, 0.717) is 29.3 Å². The lowest BCUT2D eigenvalue weighted by Gasteiger charge is -2.25. The highest BCUT2D eigenvalue weighted by Crippen LogP contribution is 2.28. The molecule has 0 fully saturated rings. The highest BCUT2D eigenvalue weighted by atomic mass is 16.5. The lowest BCUT2D eigenvalue weighted by atomic mass is 10.0. The molecular formula is C30H35N5O2. The standard InChI is InChI=1S/C30H35N5O2/c1-5-35(6-2)20-19-34(4)28-30(37-7-3)33-27-21-25(17-18-26(27)32-28)31-29(36)24-15-13-23(14-16-24)22-11-9-8-10-12-22/h8-18,21H,5-7,19-20H2,1-4H3,(H,31,36). The van der Waals surface area contributed by atoms with Crippen molar-refractivity contribution in [3.63, 3.8) is 0 Å². The van der Waals surface area contributed by atoms with Crippen LogP contribution in [0.1, 0.15) is 31.1 Å². The Morgan fingerprint density at radius 2 is 1.54 bits per heavy atom. The number of nitrogens with one attached hydrogen (secondary N) is 1. The molecule has 0 aliphatic heterocycles. The average Bonchev–Trinajstić information content (AvgIpc) is 2.94. The zero-order valence-electron chi connectivity index (χ0n) is 22.1. The van der Waals surface area contributed by atoms with Crippen LogP contribution in [0.5, 0.6) is 5.88 Å². The highest BCUT2D eigenvalue weighted by Gasteiger charge is 2.16. The number of rotatable bonds is 11. The fourth-order valence-electron chi connectivity index (χ4n) is 4.17. The molecule has 0 saturated heterocycles. The molecule has 0 unspecified atom stereocenters. The Labute approximate surface area is 219 Å². The van der Waals surface area contributed by atoms with Gasteiger partial charge in [-0.3, -0.25) is 4.79 Å². The normalized spacial score (nSPS) is 11.1. The molecule has 0 radical (unpaired) electrons. The first-order chi connectivity index (χ1) is 18.0. The van der Waals surface area contributed by atoms with E-state index in [1.165, 1.54) is 0 Å². The number of carbonyl (C=O) groups is 1. The number of carbonyl (C=O) groups excluding carboxylic acids is 1. The predicted molar refractivity (Wildman–Crippen MR) is 152 cm³/mol. The van der Waals surface area contributed by atoms with E-state index in [-0.39, 0.29) is 5.91 Å². The van der Waals surface area contributed by atoms with Gasteiger partial charge in [0, 0.05) is 31.4 Å². The van der Waals surface area contributed by atoms with E-state index in [4.69, 9.17) is 14.7 Å². The maximum Gasteiger partial charge on any atom is 0.258 e. The van der Waals surface area contributed by atoms with E-state index in [2.05, 4.69) is 41.1 Å². The minimum atomic E-state index is -0.176. The number of fused-ring (bicyclic) bond motifs is 1. The molecule has 4 rings (SSSR count). The van der Waals surface area contributed by atoms with Crippen LogP contribution < -0.4 is 15.0 Å². The van der Waals surface area contributed by atoms with Crippen molar-refractivity contribution in [2.45, 2.75) is 20.8 Å². The molecule has 7 heteroatoms. The van der Waals surface area contributed by atoms with Crippen molar-refractivity contribution in [1.29, 1.82) is 0 Å². The van der Waals surface area contributed by atoms with Gasteiger partial charge in [-0.1, -0.05) is 56.3 Å². The number of nitrogens with zero attached hydrogens (tertiary/aromatic N) is 4. The molecule has 4 aromatic rings. The third kappa shape index (κ3) is 6.43. The van der Waals surface area contributed by atoms with Gasteiger partial charge < -0.3 is 19.9 Å². The lowest BCUT2D eigenvalue weighted by Crippen LogP contribution is -2.33. The van der Waals surface area contributed by atoms with Crippen LogP contribution in [0.2, 0.25) is 0 Å². The van der Waals surface area contributed by atoms with Gasteiger partial charge in [0.15, 0.2) is 5.82 Å². The number of amides is 1. The molecular weight excluding hydrogens is 462 g/mol. The number of anilines is 2. The van der Waals surface area contributed by atoms with Gasteiger partial charge >= 0.3 is 0 Å². The highest BCUT2D eigenvalue weighted by molar-refractivity contribution is 6.05. The first-order valence-electron chi connectivity index (χ1n) is 12.9. The van der Waals surface area contributed by atoms with Gasteiger partial charge in [0.2, 0.25) is 0 Å². The zero-order chi connectivity index (χ0) is 26.2. The Balaban J connectivity index is 1.51. The van der Waals surface area contributed by atoms with Crippen LogP contribution in [0.4, 0.5) is 11.5 Å². The fourth-order valence-corrected chi connectivity index (χ4v) is 4.17. The van der Waals surface area contributed by atoms with E-state index in [1.54, 1.807) is 0 Å². The smallest absolute Gasteiger partial charge is 0.258 e. The number of hydrogen-bond donors (Lipinski definition) is 1. The SMILES string of the molecule is CCOc1nc2cc(NC(=O)c3ccc(-c4ccccc4)cc3)ccc2nc1N(C)CCN(CC)CC. The summed E-state index contributed by atoms with van der Waals surface area (Å²) in [6.07, 6.45) is 0. The summed E-state index contributed by atoms with van der Waals surface area (Å²) in [5, 5.41) is 2.98. The van der Waals surface area contributed by atoms with Gasteiger partial charge in [0.05, 0.1) is 17.6 Å². The molecule has 1 amide bonds. The Morgan fingerprint density at radius 1 is 0.838 bits per heavy atom. The summed E-state index contributed by atoms with van der Waals surface area (Å²) >= 11 is 0. The summed E-state index contributed by atoms with van der Waals surface area (Å²) in [5.41, 5.74) is 4.85. The monoisotopic (exact) mass is 497 g/mol. The summed E-state index contributed by atoms with van der Waals surface area (Å²) < 4.78 is 5.85. The van der Waals surface area contributed by atoms with Gasteiger partial charge in [-0.2, -0.15) is 0 Å². The van der Waals surface area contributed by atoms with Crippen molar-refractivity contribution in [2.75, 3.05) is 50.1 Å². The summed E-state index contributed by atoms with van der Waals surface area (Å²) in [7, 11) is 2.01. The largest absolute Gasteiger partial charge is 0.475 e. The van der Waals surface area contributed by atoms with E-state index >= 15 is 0 Å². The Hall–Kier alpha value is -3.97. The topological polar surface area (TPSA) is 70.6 Å². The van der Waals surface area contributed by atoms with Crippen molar-refractivity contribution in [3.8, 4) is 17.0 Å². The number of aromatic nitrogens is 2. The molecule has 192 valence electrons. The first-order valence-corrected chi connectivity index (χ1v) is 12.9. The Bertz CT molecular complexity index is 1320. The van der Waals surface area contributed by atoms with E-state index in [1.807, 2.05) is 74.6 Å². The molecule has 0 saturated carbocycles. The quantitative estimate of drug-likeness (QED) is 0.286. The predicted octanol–water partition coefficient (Wildman–Crippen LogP) is 5.73. The van der Waals surface area contributed by atoms with Crippen LogP contribution in [0, 0.1) is 0 Å². The van der Waals surface area contributed by atoms with Crippen LogP contribution in [0.25, 0.3) is 22.2 Å². The molecule has 0 spiro atoms. The number of hydrogen-bond acceptors (Lipinski definition) is 6. The maximum atomic E-state index is 12.9. The van der Waals surface area contributed by atoms with E-state index in [9.17, 15) is 4.79 Å². The van der Waals surface area contributed by atoms with Gasteiger partial charge in [0.25, 0.3) is 11.8 Å². The van der Waals surface area contributed by atoms with E-state index < -0.39 is 0 Å². The molecule has 0 atom stereocenters.